The second-order valence-electron chi connectivity index (χ2n) is 2.63. The van der Waals surface area contributed by atoms with Gasteiger partial charge in [-0.15, -0.1) is 11.6 Å². The second-order valence-corrected chi connectivity index (χ2v) is 3.60. The molecule has 1 rings (SSSR count). The Morgan fingerprint density at radius 3 is 2.78 bits per heavy atom. The summed E-state index contributed by atoms with van der Waals surface area (Å²) in [6, 6.07) is 0. The number of allylic oxidation sites excluding steroid dienone is 2. The molecule has 0 radical (unpaired) electrons. The molecular weight excluding hydrogens is 155 g/mol. The minimum atomic E-state index is 0.0791. The van der Waals surface area contributed by atoms with Crippen molar-refractivity contribution >= 4 is 23.2 Å². The highest BCUT2D eigenvalue weighted by Crippen LogP contribution is 2.29. The van der Waals surface area contributed by atoms with Gasteiger partial charge < -0.3 is 0 Å². The first-order valence-corrected chi connectivity index (χ1v) is 4.01. The van der Waals surface area contributed by atoms with Crippen LogP contribution in [0.4, 0.5) is 0 Å². The van der Waals surface area contributed by atoms with E-state index in [0.29, 0.717) is 5.92 Å². The van der Waals surface area contributed by atoms with Gasteiger partial charge in [-0.05, 0) is 18.8 Å². The first-order valence-electron chi connectivity index (χ1n) is 3.19. The normalized spacial score (nSPS) is 36.1. The van der Waals surface area contributed by atoms with Crippen LogP contribution in [-0.2, 0) is 0 Å². The standard InChI is InChI=1S/C7H10Cl2/c1-5-2-3-6(8)7(9)4-5/h3,5,7H,2,4H2,1H3. The molecule has 52 valence electrons. The summed E-state index contributed by atoms with van der Waals surface area (Å²) in [5.74, 6) is 0.704. The Labute approximate surface area is 65.8 Å². The largest absolute Gasteiger partial charge is 0.117 e. The van der Waals surface area contributed by atoms with Crippen LogP contribution in [0.3, 0.4) is 0 Å². The summed E-state index contributed by atoms with van der Waals surface area (Å²) in [6.07, 6.45) is 4.13. The maximum absolute atomic E-state index is 5.86. The van der Waals surface area contributed by atoms with E-state index in [1.807, 2.05) is 6.08 Å². The van der Waals surface area contributed by atoms with Gasteiger partial charge in [-0.2, -0.15) is 0 Å². The van der Waals surface area contributed by atoms with Gasteiger partial charge >= 0.3 is 0 Å². The molecule has 0 aromatic carbocycles. The Bertz CT molecular complexity index is 129. The molecule has 0 saturated heterocycles. The number of halogens is 2. The molecule has 0 aromatic rings. The quantitative estimate of drug-likeness (QED) is 0.483. The van der Waals surface area contributed by atoms with Crippen LogP contribution in [0.2, 0.25) is 0 Å². The molecule has 1 aliphatic rings. The Kier molecular flexibility index (Phi) is 2.42. The first-order chi connectivity index (χ1) is 4.20. The number of hydrogen-bond acceptors (Lipinski definition) is 0. The predicted molar refractivity (Wildman–Crippen MR) is 42.0 cm³/mol. The van der Waals surface area contributed by atoms with Gasteiger partial charge in [0.25, 0.3) is 0 Å². The summed E-state index contributed by atoms with van der Waals surface area (Å²) in [7, 11) is 0. The van der Waals surface area contributed by atoms with E-state index >= 15 is 0 Å². The molecule has 2 heteroatoms. The topological polar surface area (TPSA) is 0 Å². The highest BCUT2D eigenvalue weighted by molar-refractivity contribution is 6.37. The lowest BCUT2D eigenvalue weighted by Gasteiger charge is -2.18. The highest BCUT2D eigenvalue weighted by atomic mass is 35.5. The molecule has 2 unspecified atom stereocenters. The smallest absolute Gasteiger partial charge is 0.0691 e. The molecule has 0 saturated carbocycles. The predicted octanol–water partition coefficient (Wildman–Crippen LogP) is 3.15. The molecule has 0 nitrogen and oxygen atoms in total. The molecule has 0 aliphatic heterocycles. The van der Waals surface area contributed by atoms with E-state index in [4.69, 9.17) is 23.2 Å². The van der Waals surface area contributed by atoms with Crippen LogP contribution in [0.5, 0.6) is 0 Å². The van der Waals surface area contributed by atoms with Crippen LogP contribution < -0.4 is 0 Å². The van der Waals surface area contributed by atoms with E-state index in [9.17, 15) is 0 Å². The molecule has 0 fully saturated rings. The van der Waals surface area contributed by atoms with Gasteiger partial charge in [0.15, 0.2) is 0 Å². The highest BCUT2D eigenvalue weighted by Gasteiger charge is 2.17. The summed E-state index contributed by atoms with van der Waals surface area (Å²) < 4.78 is 0. The monoisotopic (exact) mass is 164 g/mol. The Balaban J connectivity index is 2.56. The lowest BCUT2D eigenvalue weighted by Crippen LogP contribution is -2.10. The number of rotatable bonds is 0. The fraction of sp³-hybridized carbons (Fsp3) is 0.714. The van der Waals surface area contributed by atoms with Crippen molar-refractivity contribution in [3.63, 3.8) is 0 Å². The zero-order valence-electron chi connectivity index (χ0n) is 5.40. The van der Waals surface area contributed by atoms with Crippen LogP contribution in [-0.4, -0.2) is 5.38 Å². The van der Waals surface area contributed by atoms with E-state index in [1.165, 1.54) is 0 Å². The molecule has 0 amide bonds. The molecule has 0 N–H and O–H groups in total. The minimum absolute atomic E-state index is 0.0791. The van der Waals surface area contributed by atoms with Gasteiger partial charge in [0.2, 0.25) is 0 Å². The van der Waals surface area contributed by atoms with Crippen LogP contribution in [0.25, 0.3) is 0 Å². The van der Waals surface area contributed by atoms with Crippen LogP contribution in [0, 0.1) is 5.92 Å². The maximum atomic E-state index is 5.86. The lowest BCUT2D eigenvalue weighted by molar-refractivity contribution is 0.527. The van der Waals surface area contributed by atoms with Gasteiger partial charge in [-0.25, -0.2) is 0 Å². The van der Waals surface area contributed by atoms with Crippen molar-refractivity contribution < 1.29 is 0 Å². The second kappa shape index (κ2) is 2.94. The van der Waals surface area contributed by atoms with E-state index in [2.05, 4.69) is 6.92 Å². The van der Waals surface area contributed by atoms with Gasteiger partial charge in [0, 0.05) is 5.03 Å². The Morgan fingerprint density at radius 2 is 2.33 bits per heavy atom. The van der Waals surface area contributed by atoms with E-state index < -0.39 is 0 Å². The summed E-state index contributed by atoms with van der Waals surface area (Å²) in [5, 5.41) is 0.908. The van der Waals surface area contributed by atoms with E-state index in [-0.39, 0.29) is 5.38 Å². The summed E-state index contributed by atoms with van der Waals surface area (Å²) in [6.45, 7) is 2.19. The van der Waals surface area contributed by atoms with E-state index in [1.54, 1.807) is 0 Å². The summed E-state index contributed by atoms with van der Waals surface area (Å²) >= 11 is 11.6. The van der Waals surface area contributed by atoms with Crippen molar-refractivity contribution in [3.8, 4) is 0 Å². The van der Waals surface area contributed by atoms with Crippen molar-refractivity contribution in [1.82, 2.24) is 0 Å². The minimum Gasteiger partial charge on any atom is -0.117 e. The maximum Gasteiger partial charge on any atom is 0.0691 e. The molecule has 0 bridgehead atoms. The van der Waals surface area contributed by atoms with Crippen LogP contribution in [0.1, 0.15) is 19.8 Å². The van der Waals surface area contributed by atoms with Gasteiger partial charge in [0.1, 0.15) is 0 Å². The number of hydrogen-bond donors (Lipinski definition) is 0. The van der Waals surface area contributed by atoms with E-state index in [0.717, 1.165) is 17.9 Å². The van der Waals surface area contributed by atoms with Crippen molar-refractivity contribution in [1.29, 1.82) is 0 Å². The molecule has 0 spiro atoms. The third-order valence-corrected chi connectivity index (χ3v) is 2.57. The molecular formula is C7H10Cl2. The molecule has 0 aromatic heterocycles. The average molecular weight is 165 g/mol. The zero-order valence-corrected chi connectivity index (χ0v) is 6.91. The van der Waals surface area contributed by atoms with Crippen molar-refractivity contribution in [2.24, 2.45) is 5.92 Å². The van der Waals surface area contributed by atoms with Crippen molar-refractivity contribution in [2.75, 3.05) is 0 Å². The third kappa shape index (κ3) is 1.87. The van der Waals surface area contributed by atoms with Crippen LogP contribution >= 0.6 is 23.2 Å². The molecule has 0 heterocycles. The first kappa shape index (κ1) is 7.43. The fourth-order valence-corrected chi connectivity index (χ4v) is 1.58. The molecule has 9 heavy (non-hydrogen) atoms. The zero-order chi connectivity index (χ0) is 6.85. The molecule has 2 atom stereocenters. The molecule has 1 aliphatic carbocycles. The van der Waals surface area contributed by atoms with Gasteiger partial charge in [-0.1, -0.05) is 24.6 Å². The SMILES string of the molecule is CC1CC=C(Cl)C(Cl)C1. The fourth-order valence-electron chi connectivity index (χ4n) is 1.00. The summed E-state index contributed by atoms with van der Waals surface area (Å²) in [4.78, 5) is 0. The van der Waals surface area contributed by atoms with Crippen molar-refractivity contribution in [3.05, 3.63) is 11.1 Å². The van der Waals surface area contributed by atoms with Gasteiger partial charge in [0.05, 0.1) is 5.38 Å². The Morgan fingerprint density at radius 1 is 1.67 bits per heavy atom. The third-order valence-electron chi connectivity index (χ3n) is 1.62. The average Bonchev–Trinajstić information content (AvgIpc) is 1.80. The number of alkyl halides is 1. The lowest BCUT2D eigenvalue weighted by atomic mass is 9.96. The van der Waals surface area contributed by atoms with Crippen LogP contribution in [0.15, 0.2) is 11.1 Å². The van der Waals surface area contributed by atoms with Gasteiger partial charge in [-0.3, -0.25) is 0 Å². The van der Waals surface area contributed by atoms with Crippen molar-refractivity contribution in [2.45, 2.75) is 25.1 Å². The Hall–Kier alpha value is 0.320. The summed E-state index contributed by atoms with van der Waals surface area (Å²) in [5.41, 5.74) is 0.